The van der Waals surface area contributed by atoms with E-state index < -0.39 is 0 Å². The van der Waals surface area contributed by atoms with Crippen molar-refractivity contribution in [1.82, 2.24) is 0 Å². The highest BCUT2D eigenvalue weighted by Crippen LogP contribution is 2.18. The standard InChI is InChI=1S/C30H60O2/c1-6-21-29(25-24-28(4)5)26-32-30(31)23-20-18-16-14-12-10-8-7-9-11-13-15-17-19-22-27(2)3/h27-29H,6-26H2,1-5H3. The van der Waals surface area contributed by atoms with Crippen molar-refractivity contribution in [1.29, 1.82) is 0 Å². The van der Waals surface area contributed by atoms with Crippen LogP contribution >= 0.6 is 0 Å². The Balaban J connectivity index is 3.37. The largest absolute Gasteiger partial charge is 0.465 e. The van der Waals surface area contributed by atoms with Crippen LogP contribution in [0.2, 0.25) is 0 Å². The molecule has 0 bridgehead atoms. The SMILES string of the molecule is CCCC(CCC(C)C)COC(=O)CCCCCCCCCCCCCCCCC(C)C. The minimum absolute atomic E-state index is 0.0237. The highest BCUT2D eigenvalue weighted by molar-refractivity contribution is 5.69. The van der Waals surface area contributed by atoms with Crippen molar-refractivity contribution in [2.75, 3.05) is 6.61 Å². The Hall–Kier alpha value is -0.530. The third kappa shape index (κ3) is 24.1. The number of hydrogen-bond acceptors (Lipinski definition) is 2. The second-order valence-corrected chi connectivity index (χ2v) is 11.2. The maximum atomic E-state index is 12.0. The lowest BCUT2D eigenvalue weighted by atomic mass is 9.95. The lowest BCUT2D eigenvalue weighted by molar-refractivity contribution is -0.145. The second kappa shape index (κ2) is 23.6. The molecule has 0 saturated carbocycles. The Labute approximate surface area is 203 Å². The van der Waals surface area contributed by atoms with E-state index in [0.717, 1.165) is 18.3 Å². The highest BCUT2D eigenvalue weighted by Gasteiger charge is 2.12. The van der Waals surface area contributed by atoms with E-state index in [1.165, 1.54) is 116 Å². The van der Waals surface area contributed by atoms with Crippen molar-refractivity contribution in [2.45, 2.75) is 163 Å². The van der Waals surface area contributed by atoms with Crippen LogP contribution in [0.3, 0.4) is 0 Å². The fourth-order valence-electron chi connectivity index (χ4n) is 4.51. The van der Waals surface area contributed by atoms with Crippen LogP contribution < -0.4 is 0 Å². The van der Waals surface area contributed by atoms with Gasteiger partial charge in [-0.3, -0.25) is 4.79 Å². The van der Waals surface area contributed by atoms with Crippen molar-refractivity contribution < 1.29 is 9.53 Å². The van der Waals surface area contributed by atoms with Crippen LogP contribution in [0.1, 0.15) is 163 Å². The van der Waals surface area contributed by atoms with Gasteiger partial charge in [0, 0.05) is 6.42 Å². The first kappa shape index (κ1) is 31.5. The van der Waals surface area contributed by atoms with Crippen molar-refractivity contribution >= 4 is 5.97 Å². The zero-order valence-corrected chi connectivity index (χ0v) is 22.9. The molecule has 192 valence electrons. The molecular weight excluding hydrogens is 392 g/mol. The van der Waals surface area contributed by atoms with E-state index in [4.69, 9.17) is 4.74 Å². The van der Waals surface area contributed by atoms with Crippen LogP contribution in [0.5, 0.6) is 0 Å². The molecule has 0 aromatic rings. The molecule has 2 nitrogen and oxygen atoms in total. The van der Waals surface area contributed by atoms with Gasteiger partial charge in [0.15, 0.2) is 0 Å². The van der Waals surface area contributed by atoms with Gasteiger partial charge in [0.1, 0.15) is 0 Å². The Bertz CT molecular complexity index is 388. The fraction of sp³-hybridized carbons (Fsp3) is 0.967. The van der Waals surface area contributed by atoms with Gasteiger partial charge in [0.25, 0.3) is 0 Å². The summed E-state index contributed by atoms with van der Waals surface area (Å²) in [6, 6.07) is 0. The average Bonchev–Trinajstić information content (AvgIpc) is 2.75. The third-order valence-electron chi connectivity index (χ3n) is 6.74. The Morgan fingerprint density at radius 1 is 0.562 bits per heavy atom. The van der Waals surface area contributed by atoms with E-state index >= 15 is 0 Å². The summed E-state index contributed by atoms with van der Waals surface area (Å²) < 4.78 is 5.58. The molecule has 2 heteroatoms. The summed E-state index contributed by atoms with van der Waals surface area (Å²) in [5, 5.41) is 0. The van der Waals surface area contributed by atoms with Crippen LogP contribution in [0.4, 0.5) is 0 Å². The first-order chi connectivity index (χ1) is 15.5. The van der Waals surface area contributed by atoms with Gasteiger partial charge in [-0.25, -0.2) is 0 Å². The molecule has 0 fully saturated rings. The van der Waals surface area contributed by atoms with Crippen LogP contribution in [0, 0.1) is 17.8 Å². The number of unbranched alkanes of at least 4 members (excludes halogenated alkanes) is 13. The topological polar surface area (TPSA) is 26.3 Å². The summed E-state index contributed by atoms with van der Waals surface area (Å²) >= 11 is 0. The molecule has 0 saturated heterocycles. The minimum Gasteiger partial charge on any atom is -0.465 e. The predicted molar refractivity (Wildman–Crippen MR) is 142 cm³/mol. The number of carbonyl (C=O) groups excluding carboxylic acids is 1. The molecule has 0 amide bonds. The predicted octanol–water partition coefficient (Wildman–Crippen LogP) is 10.3. The molecule has 0 aliphatic carbocycles. The van der Waals surface area contributed by atoms with Crippen molar-refractivity contribution in [3.8, 4) is 0 Å². The quantitative estimate of drug-likeness (QED) is 0.107. The Morgan fingerprint density at radius 3 is 1.44 bits per heavy atom. The summed E-state index contributed by atoms with van der Waals surface area (Å²) in [5.74, 6) is 2.19. The number of hydrogen-bond donors (Lipinski definition) is 0. The summed E-state index contributed by atoms with van der Waals surface area (Å²) in [4.78, 5) is 12.0. The molecule has 1 unspecified atom stereocenters. The molecule has 1 atom stereocenters. The lowest BCUT2D eigenvalue weighted by Crippen LogP contribution is -2.15. The molecule has 32 heavy (non-hydrogen) atoms. The van der Waals surface area contributed by atoms with E-state index in [-0.39, 0.29) is 5.97 Å². The lowest BCUT2D eigenvalue weighted by Gasteiger charge is -2.17. The van der Waals surface area contributed by atoms with Gasteiger partial charge in [-0.15, -0.1) is 0 Å². The zero-order chi connectivity index (χ0) is 23.9. The molecule has 0 aromatic heterocycles. The van der Waals surface area contributed by atoms with Gasteiger partial charge >= 0.3 is 5.97 Å². The zero-order valence-electron chi connectivity index (χ0n) is 22.9. The molecule has 0 aromatic carbocycles. The van der Waals surface area contributed by atoms with Crippen LogP contribution in [-0.2, 0) is 9.53 Å². The molecule has 0 aliphatic heterocycles. The van der Waals surface area contributed by atoms with Gasteiger partial charge in [-0.2, -0.15) is 0 Å². The van der Waals surface area contributed by atoms with E-state index in [9.17, 15) is 4.79 Å². The fourth-order valence-corrected chi connectivity index (χ4v) is 4.51. The molecule has 0 spiro atoms. The average molecular weight is 453 g/mol. The summed E-state index contributed by atoms with van der Waals surface area (Å²) in [5.41, 5.74) is 0. The molecule has 0 heterocycles. The van der Waals surface area contributed by atoms with Crippen LogP contribution in [0.15, 0.2) is 0 Å². The highest BCUT2D eigenvalue weighted by atomic mass is 16.5. The van der Waals surface area contributed by atoms with Gasteiger partial charge in [0.2, 0.25) is 0 Å². The van der Waals surface area contributed by atoms with Crippen LogP contribution in [-0.4, -0.2) is 12.6 Å². The van der Waals surface area contributed by atoms with Crippen molar-refractivity contribution in [3.05, 3.63) is 0 Å². The number of esters is 1. The minimum atomic E-state index is 0.0237. The number of ether oxygens (including phenoxy) is 1. The van der Waals surface area contributed by atoms with Gasteiger partial charge in [0.05, 0.1) is 6.61 Å². The van der Waals surface area contributed by atoms with Crippen LogP contribution in [0.25, 0.3) is 0 Å². The van der Waals surface area contributed by atoms with Gasteiger partial charge < -0.3 is 4.74 Å². The van der Waals surface area contributed by atoms with Crippen molar-refractivity contribution in [3.63, 3.8) is 0 Å². The van der Waals surface area contributed by atoms with E-state index in [1.807, 2.05) is 0 Å². The van der Waals surface area contributed by atoms with E-state index in [2.05, 4.69) is 34.6 Å². The molecule has 0 radical (unpaired) electrons. The monoisotopic (exact) mass is 452 g/mol. The maximum Gasteiger partial charge on any atom is 0.305 e. The molecular formula is C30H60O2. The van der Waals surface area contributed by atoms with E-state index in [1.54, 1.807) is 0 Å². The van der Waals surface area contributed by atoms with E-state index in [0.29, 0.717) is 18.9 Å². The van der Waals surface area contributed by atoms with Crippen molar-refractivity contribution in [2.24, 2.45) is 17.8 Å². The summed E-state index contributed by atoms with van der Waals surface area (Å²) in [6.45, 7) is 12.1. The van der Waals surface area contributed by atoms with Gasteiger partial charge in [-0.1, -0.05) is 137 Å². The summed E-state index contributed by atoms with van der Waals surface area (Å²) in [6.07, 6.45) is 25.8. The molecule has 0 N–H and O–H groups in total. The number of carbonyl (C=O) groups is 1. The first-order valence-electron chi connectivity index (χ1n) is 14.6. The number of rotatable bonds is 24. The van der Waals surface area contributed by atoms with Gasteiger partial charge in [-0.05, 0) is 37.0 Å². The Morgan fingerprint density at radius 2 is 1.00 bits per heavy atom. The smallest absolute Gasteiger partial charge is 0.305 e. The first-order valence-corrected chi connectivity index (χ1v) is 14.6. The maximum absolute atomic E-state index is 12.0. The second-order valence-electron chi connectivity index (χ2n) is 11.2. The summed E-state index contributed by atoms with van der Waals surface area (Å²) in [7, 11) is 0. The molecule has 0 rings (SSSR count). The third-order valence-corrected chi connectivity index (χ3v) is 6.74. The Kier molecular flexibility index (Phi) is 23.2. The molecule has 0 aliphatic rings. The normalized spacial score (nSPS) is 12.6.